The highest BCUT2D eigenvalue weighted by Gasteiger charge is 2.30. The molecule has 2 aromatic rings. The van der Waals surface area contributed by atoms with Crippen LogP contribution in [0.15, 0.2) is 36.4 Å². The number of benzene rings is 2. The predicted octanol–water partition coefficient (Wildman–Crippen LogP) is 3.90. The molecule has 0 aliphatic heterocycles. The Hall–Kier alpha value is -2.70. The molecule has 172 valence electrons. The van der Waals surface area contributed by atoms with E-state index in [4.69, 9.17) is 9.47 Å². The van der Waals surface area contributed by atoms with E-state index < -0.39 is 0 Å². The number of fused-ring (bicyclic) bond motifs is 2. The molecule has 0 atom stereocenters. The number of rotatable bonds is 12. The summed E-state index contributed by atoms with van der Waals surface area (Å²) in [6.45, 7) is 15.0. The average Bonchev–Trinajstić information content (AvgIpc) is 2.83. The van der Waals surface area contributed by atoms with Crippen molar-refractivity contribution in [2.75, 3.05) is 52.5 Å². The summed E-state index contributed by atoms with van der Waals surface area (Å²) < 4.78 is 11.7. The normalized spacial score (nSPS) is 12.8. The van der Waals surface area contributed by atoms with E-state index in [1.165, 1.54) is 0 Å². The number of ether oxygens (including phenoxy) is 2. The van der Waals surface area contributed by atoms with E-state index in [1.54, 1.807) is 36.4 Å². The molecule has 0 N–H and O–H groups in total. The van der Waals surface area contributed by atoms with E-state index in [0.717, 1.165) is 39.3 Å². The minimum Gasteiger partial charge on any atom is -0.492 e. The van der Waals surface area contributed by atoms with Crippen molar-refractivity contribution < 1.29 is 19.1 Å². The molecule has 1 aliphatic rings. The molecule has 0 saturated carbocycles. The number of hydrogen-bond donors (Lipinski definition) is 0. The summed E-state index contributed by atoms with van der Waals surface area (Å²) in [4.78, 5) is 30.8. The summed E-state index contributed by atoms with van der Waals surface area (Å²) in [6.07, 6.45) is 0. The molecule has 6 nitrogen and oxygen atoms in total. The van der Waals surface area contributed by atoms with Gasteiger partial charge in [-0.25, -0.2) is 0 Å². The Bertz CT molecular complexity index is 875. The summed E-state index contributed by atoms with van der Waals surface area (Å²) in [5.41, 5.74) is 1.63. The van der Waals surface area contributed by atoms with E-state index >= 15 is 0 Å². The molecule has 0 radical (unpaired) electrons. The Morgan fingerprint density at radius 1 is 0.594 bits per heavy atom. The number of carbonyl (C=O) groups is 2. The van der Waals surface area contributed by atoms with E-state index in [9.17, 15) is 9.59 Å². The van der Waals surface area contributed by atoms with Crippen LogP contribution in [0.1, 0.15) is 59.5 Å². The molecule has 2 aromatic carbocycles. The van der Waals surface area contributed by atoms with Gasteiger partial charge in [0.2, 0.25) is 0 Å². The summed E-state index contributed by atoms with van der Waals surface area (Å²) >= 11 is 0. The van der Waals surface area contributed by atoms with E-state index in [0.29, 0.717) is 47.0 Å². The van der Waals surface area contributed by atoms with Crippen molar-refractivity contribution in [1.29, 1.82) is 0 Å². The van der Waals surface area contributed by atoms with Crippen LogP contribution in [0.4, 0.5) is 0 Å². The second kappa shape index (κ2) is 11.2. The molecular weight excluding hydrogens is 404 g/mol. The van der Waals surface area contributed by atoms with Crippen molar-refractivity contribution >= 4 is 11.6 Å². The zero-order chi connectivity index (χ0) is 23.1. The smallest absolute Gasteiger partial charge is 0.194 e. The fourth-order valence-corrected chi connectivity index (χ4v) is 3.95. The van der Waals surface area contributed by atoms with Crippen molar-refractivity contribution in [3.63, 3.8) is 0 Å². The van der Waals surface area contributed by atoms with Gasteiger partial charge in [-0.2, -0.15) is 0 Å². The standard InChI is InChI=1S/C26H34N2O4/c1-5-27(6-2)13-15-31-19-9-11-21-23(17-19)26(30)24-18-20(10-12-22(24)25(21)29)32-16-14-28(7-3)8-4/h9-12,17-18H,5-8,13-16H2,1-4H3. The van der Waals surface area contributed by atoms with Gasteiger partial charge in [-0.3, -0.25) is 9.59 Å². The molecule has 0 fully saturated rings. The van der Waals surface area contributed by atoms with Crippen molar-refractivity contribution in [2.24, 2.45) is 0 Å². The lowest BCUT2D eigenvalue weighted by Crippen LogP contribution is -2.28. The number of likely N-dealkylation sites (N-methyl/N-ethyl adjacent to an activating group) is 2. The van der Waals surface area contributed by atoms with Crippen molar-refractivity contribution in [1.82, 2.24) is 9.80 Å². The Labute approximate surface area is 191 Å². The Balaban J connectivity index is 1.73. The summed E-state index contributed by atoms with van der Waals surface area (Å²) in [5.74, 6) is 0.899. The molecule has 0 bridgehead atoms. The summed E-state index contributed by atoms with van der Waals surface area (Å²) in [6, 6.07) is 10.3. The van der Waals surface area contributed by atoms with Crippen LogP contribution in [-0.2, 0) is 0 Å². The monoisotopic (exact) mass is 438 g/mol. The van der Waals surface area contributed by atoms with Crippen LogP contribution in [0.5, 0.6) is 11.5 Å². The molecule has 1 aliphatic carbocycles. The molecule has 0 amide bonds. The Morgan fingerprint density at radius 3 is 1.34 bits per heavy atom. The van der Waals surface area contributed by atoms with Gasteiger partial charge in [-0.1, -0.05) is 27.7 Å². The highest BCUT2D eigenvalue weighted by molar-refractivity contribution is 6.28. The first-order chi connectivity index (χ1) is 15.5. The van der Waals surface area contributed by atoms with Gasteiger partial charge in [0, 0.05) is 35.3 Å². The van der Waals surface area contributed by atoms with Gasteiger partial charge in [-0.15, -0.1) is 0 Å². The largest absolute Gasteiger partial charge is 0.492 e. The number of ketones is 2. The molecule has 32 heavy (non-hydrogen) atoms. The van der Waals surface area contributed by atoms with Crippen molar-refractivity contribution in [3.05, 3.63) is 58.7 Å². The zero-order valence-corrected chi connectivity index (χ0v) is 19.6. The van der Waals surface area contributed by atoms with Crippen molar-refractivity contribution in [3.8, 4) is 11.5 Å². The summed E-state index contributed by atoms with van der Waals surface area (Å²) in [5, 5.41) is 0. The third-order valence-electron chi connectivity index (χ3n) is 6.10. The van der Waals surface area contributed by atoms with Gasteiger partial charge in [0.15, 0.2) is 11.6 Å². The topological polar surface area (TPSA) is 59.1 Å². The third-order valence-corrected chi connectivity index (χ3v) is 6.10. The first-order valence-electron chi connectivity index (χ1n) is 11.6. The van der Waals surface area contributed by atoms with Gasteiger partial charge in [0.25, 0.3) is 0 Å². The first kappa shape index (κ1) is 24.0. The second-order valence-electron chi connectivity index (χ2n) is 7.82. The van der Waals surface area contributed by atoms with Gasteiger partial charge in [-0.05, 0) is 62.6 Å². The first-order valence-corrected chi connectivity index (χ1v) is 11.6. The van der Waals surface area contributed by atoms with Crippen LogP contribution in [-0.4, -0.2) is 73.8 Å². The maximum atomic E-state index is 13.2. The molecule has 0 aromatic heterocycles. The summed E-state index contributed by atoms with van der Waals surface area (Å²) in [7, 11) is 0. The highest BCUT2D eigenvalue weighted by Crippen LogP contribution is 2.32. The second-order valence-corrected chi connectivity index (χ2v) is 7.82. The Kier molecular flexibility index (Phi) is 8.42. The molecule has 0 unspecified atom stereocenters. The highest BCUT2D eigenvalue weighted by atomic mass is 16.5. The zero-order valence-electron chi connectivity index (χ0n) is 19.6. The molecule has 3 rings (SSSR count). The SMILES string of the molecule is CCN(CC)CCOc1ccc2c(c1)C(=O)c1cc(OCCN(CC)CC)ccc1C2=O. The van der Waals surface area contributed by atoms with Gasteiger partial charge in [0.1, 0.15) is 24.7 Å². The fourth-order valence-electron chi connectivity index (χ4n) is 3.95. The van der Waals surface area contributed by atoms with E-state index in [2.05, 4.69) is 37.5 Å². The van der Waals surface area contributed by atoms with Crippen LogP contribution < -0.4 is 9.47 Å². The number of carbonyl (C=O) groups excluding carboxylic acids is 2. The lowest BCUT2D eigenvalue weighted by atomic mass is 9.84. The minimum atomic E-state index is -0.169. The maximum absolute atomic E-state index is 13.2. The van der Waals surface area contributed by atoms with Crippen LogP contribution in [0.25, 0.3) is 0 Å². The molecule has 6 heteroatoms. The predicted molar refractivity (Wildman–Crippen MR) is 126 cm³/mol. The van der Waals surface area contributed by atoms with E-state index in [-0.39, 0.29) is 11.6 Å². The van der Waals surface area contributed by atoms with Crippen molar-refractivity contribution in [2.45, 2.75) is 27.7 Å². The van der Waals surface area contributed by atoms with E-state index in [1.807, 2.05) is 0 Å². The molecule has 0 spiro atoms. The molecular formula is C26H34N2O4. The van der Waals surface area contributed by atoms with Crippen LogP contribution in [0.2, 0.25) is 0 Å². The molecule has 0 saturated heterocycles. The van der Waals surface area contributed by atoms with Crippen LogP contribution in [0, 0.1) is 0 Å². The molecule has 0 heterocycles. The lowest BCUT2D eigenvalue weighted by molar-refractivity contribution is 0.0978. The fraction of sp³-hybridized carbons (Fsp3) is 0.462. The van der Waals surface area contributed by atoms with Gasteiger partial charge < -0.3 is 19.3 Å². The van der Waals surface area contributed by atoms with Crippen LogP contribution >= 0.6 is 0 Å². The third kappa shape index (κ3) is 5.37. The average molecular weight is 439 g/mol. The van der Waals surface area contributed by atoms with Gasteiger partial charge >= 0.3 is 0 Å². The quantitative estimate of drug-likeness (QED) is 0.427. The minimum absolute atomic E-state index is 0.140. The lowest BCUT2D eigenvalue weighted by Gasteiger charge is -2.21. The van der Waals surface area contributed by atoms with Gasteiger partial charge in [0.05, 0.1) is 0 Å². The van der Waals surface area contributed by atoms with Crippen LogP contribution in [0.3, 0.4) is 0 Å². The Morgan fingerprint density at radius 2 is 0.969 bits per heavy atom. The number of nitrogens with zero attached hydrogens (tertiary/aromatic N) is 2. The number of hydrogen-bond acceptors (Lipinski definition) is 6. The maximum Gasteiger partial charge on any atom is 0.194 e.